The number of benzene rings is 2. The van der Waals surface area contributed by atoms with Gasteiger partial charge in [0.15, 0.2) is 0 Å². The van der Waals surface area contributed by atoms with Gasteiger partial charge in [0.25, 0.3) is 0 Å². The van der Waals surface area contributed by atoms with E-state index < -0.39 is 0 Å². The van der Waals surface area contributed by atoms with Gasteiger partial charge in [0.1, 0.15) is 0 Å². The lowest BCUT2D eigenvalue weighted by Crippen LogP contribution is -2.36. The van der Waals surface area contributed by atoms with Crippen LogP contribution in [0.25, 0.3) is 6.08 Å². The molecular formula is C19H22N2O. The molecule has 114 valence electrons. The second kappa shape index (κ2) is 8.03. The molecule has 2 amide bonds. The maximum atomic E-state index is 12.2. The molecule has 0 saturated carbocycles. The molecule has 0 bridgehead atoms. The summed E-state index contributed by atoms with van der Waals surface area (Å²) in [6.45, 7) is 5.31. The van der Waals surface area contributed by atoms with Crippen molar-refractivity contribution in [1.82, 2.24) is 10.2 Å². The van der Waals surface area contributed by atoms with Crippen LogP contribution in [-0.4, -0.2) is 17.5 Å². The number of hydrogen-bond donors (Lipinski definition) is 1. The molecule has 3 nitrogen and oxygen atoms in total. The Hall–Kier alpha value is -2.55. The molecule has 0 aromatic heterocycles. The van der Waals surface area contributed by atoms with E-state index in [2.05, 4.69) is 24.4 Å². The second-order valence-electron chi connectivity index (χ2n) is 5.19. The maximum absolute atomic E-state index is 12.2. The van der Waals surface area contributed by atoms with Crippen LogP contribution in [0.1, 0.15) is 23.6 Å². The maximum Gasteiger partial charge on any atom is 0.321 e. The number of urea groups is 1. The fraction of sp³-hybridized carbons (Fsp3) is 0.211. The zero-order valence-corrected chi connectivity index (χ0v) is 13.1. The summed E-state index contributed by atoms with van der Waals surface area (Å²) in [5, 5.41) is 2.82. The number of aryl methyl sites for hydroxylation is 1. The van der Waals surface area contributed by atoms with E-state index in [9.17, 15) is 4.79 Å². The highest BCUT2D eigenvalue weighted by molar-refractivity contribution is 5.76. The third kappa shape index (κ3) is 4.77. The molecule has 0 aliphatic rings. The Labute approximate surface area is 132 Å². The van der Waals surface area contributed by atoms with Gasteiger partial charge < -0.3 is 10.2 Å². The fourth-order valence-corrected chi connectivity index (χ4v) is 2.11. The fourth-order valence-electron chi connectivity index (χ4n) is 2.11. The average Bonchev–Trinajstić information content (AvgIpc) is 2.55. The minimum Gasteiger partial charge on any atom is -0.321 e. The summed E-state index contributed by atoms with van der Waals surface area (Å²) in [6, 6.07) is 18.1. The standard InChI is InChI=1S/C19H22N2O/c1-3-21(15-18-7-5-4-6-8-18)19(22)20-14-13-17-11-9-16(2)10-12-17/h4-14H,3,15H2,1-2H3,(H,20,22)/b14-13+. The van der Waals surface area contributed by atoms with Crippen molar-refractivity contribution < 1.29 is 4.79 Å². The van der Waals surface area contributed by atoms with Crippen molar-refractivity contribution in [2.75, 3.05) is 6.54 Å². The van der Waals surface area contributed by atoms with E-state index in [1.165, 1.54) is 5.56 Å². The van der Waals surface area contributed by atoms with Crippen LogP contribution in [0, 0.1) is 6.92 Å². The summed E-state index contributed by atoms with van der Waals surface area (Å²) >= 11 is 0. The third-order valence-corrected chi connectivity index (χ3v) is 3.45. The Morgan fingerprint density at radius 2 is 1.77 bits per heavy atom. The van der Waals surface area contributed by atoms with Crippen molar-refractivity contribution in [3.8, 4) is 0 Å². The first kappa shape index (κ1) is 15.8. The molecule has 0 aliphatic carbocycles. The number of nitrogens with zero attached hydrogens (tertiary/aromatic N) is 1. The third-order valence-electron chi connectivity index (χ3n) is 3.45. The van der Waals surface area contributed by atoms with Gasteiger partial charge in [0, 0.05) is 19.3 Å². The zero-order valence-electron chi connectivity index (χ0n) is 13.1. The van der Waals surface area contributed by atoms with Gasteiger partial charge in [0.05, 0.1) is 0 Å². The van der Waals surface area contributed by atoms with Crippen molar-refractivity contribution in [2.24, 2.45) is 0 Å². The van der Waals surface area contributed by atoms with Crippen LogP contribution >= 0.6 is 0 Å². The lowest BCUT2D eigenvalue weighted by molar-refractivity contribution is 0.202. The molecule has 1 N–H and O–H groups in total. The Morgan fingerprint density at radius 3 is 2.41 bits per heavy atom. The highest BCUT2D eigenvalue weighted by Gasteiger charge is 2.09. The molecule has 0 heterocycles. The van der Waals surface area contributed by atoms with Gasteiger partial charge in [-0.1, -0.05) is 60.2 Å². The van der Waals surface area contributed by atoms with Crippen molar-refractivity contribution >= 4 is 12.1 Å². The van der Waals surface area contributed by atoms with Crippen molar-refractivity contribution in [2.45, 2.75) is 20.4 Å². The van der Waals surface area contributed by atoms with Crippen LogP contribution in [0.2, 0.25) is 0 Å². The Bertz CT molecular complexity index is 618. The summed E-state index contributed by atoms with van der Waals surface area (Å²) in [5.41, 5.74) is 3.42. The van der Waals surface area contributed by atoms with Gasteiger partial charge in [-0.25, -0.2) is 4.79 Å². The van der Waals surface area contributed by atoms with Crippen LogP contribution in [0.4, 0.5) is 4.79 Å². The van der Waals surface area contributed by atoms with Gasteiger partial charge in [-0.15, -0.1) is 0 Å². The number of amides is 2. The molecule has 3 heteroatoms. The molecular weight excluding hydrogens is 272 g/mol. The first-order valence-corrected chi connectivity index (χ1v) is 7.51. The molecule has 0 saturated heterocycles. The van der Waals surface area contributed by atoms with E-state index >= 15 is 0 Å². The van der Waals surface area contributed by atoms with Gasteiger partial charge >= 0.3 is 6.03 Å². The molecule has 2 aromatic carbocycles. The lowest BCUT2D eigenvalue weighted by atomic mass is 10.1. The largest absolute Gasteiger partial charge is 0.321 e. The van der Waals surface area contributed by atoms with Gasteiger partial charge in [-0.05, 0) is 31.1 Å². The normalized spacial score (nSPS) is 10.6. The zero-order chi connectivity index (χ0) is 15.8. The van der Waals surface area contributed by atoms with Crippen LogP contribution in [0.3, 0.4) is 0 Å². The van der Waals surface area contributed by atoms with Gasteiger partial charge in [-0.2, -0.15) is 0 Å². The van der Waals surface area contributed by atoms with Crippen LogP contribution < -0.4 is 5.32 Å². The molecule has 0 fully saturated rings. The second-order valence-corrected chi connectivity index (χ2v) is 5.19. The van der Waals surface area contributed by atoms with E-state index in [0.717, 1.165) is 11.1 Å². The molecule has 0 atom stereocenters. The molecule has 0 radical (unpaired) electrons. The highest BCUT2D eigenvalue weighted by atomic mass is 16.2. The quantitative estimate of drug-likeness (QED) is 0.880. The summed E-state index contributed by atoms with van der Waals surface area (Å²) in [6.07, 6.45) is 3.59. The van der Waals surface area contributed by atoms with Crippen molar-refractivity contribution in [3.63, 3.8) is 0 Å². The highest BCUT2D eigenvalue weighted by Crippen LogP contribution is 2.06. The minimum absolute atomic E-state index is 0.0882. The molecule has 0 unspecified atom stereocenters. The summed E-state index contributed by atoms with van der Waals surface area (Å²) < 4.78 is 0. The Kier molecular flexibility index (Phi) is 5.78. The predicted octanol–water partition coefficient (Wildman–Crippen LogP) is 4.20. The van der Waals surface area contributed by atoms with Crippen LogP contribution in [0.5, 0.6) is 0 Å². The first-order chi connectivity index (χ1) is 10.7. The number of carbonyl (C=O) groups is 1. The molecule has 0 spiro atoms. The molecule has 2 rings (SSSR count). The average molecular weight is 294 g/mol. The topological polar surface area (TPSA) is 32.3 Å². The summed E-state index contributed by atoms with van der Waals surface area (Å²) in [7, 11) is 0. The Balaban J connectivity index is 1.90. The summed E-state index contributed by atoms with van der Waals surface area (Å²) in [4.78, 5) is 14.0. The van der Waals surface area contributed by atoms with Crippen molar-refractivity contribution in [1.29, 1.82) is 0 Å². The number of hydrogen-bond acceptors (Lipinski definition) is 1. The number of carbonyl (C=O) groups excluding carboxylic acids is 1. The lowest BCUT2D eigenvalue weighted by Gasteiger charge is -2.20. The van der Waals surface area contributed by atoms with Gasteiger partial charge in [0.2, 0.25) is 0 Å². The number of nitrogens with one attached hydrogen (secondary N) is 1. The van der Waals surface area contributed by atoms with E-state index in [1.807, 2.05) is 55.5 Å². The van der Waals surface area contributed by atoms with Crippen LogP contribution in [0.15, 0.2) is 60.8 Å². The van der Waals surface area contributed by atoms with E-state index in [0.29, 0.717) is 13.1 Å². The monoisotopic (exact) mass is 294 g/mol. The van der Waals surface area contributed by atoms with Crippen LogP contribution in [-0.2, 0) is 6.54 Å². The SMILES string of the molecule is CCN(Cc1ccccc1)C(=O)N/C=C/c1ccc(C)cc1. The summed E-state index contributed by atoms with van der Waals surface area (Å²) in [5.74, 6) is 0. The predicted molar refractivity (Wildman–Crippen MR) is 91.3 cm³/mol. The van der Waals surface area contributed by atoms with E-state index in [1.54, 1.807) is 11.1 Å². The molecule has 2 aromatic rings. The number of rotatable bonds is 5. The first-order valence-electron chi connectivity index (χ1n) is 7.51. The molecule has 0 aliphatic heterocycles. The molecule has 22 heavy (non-hydrogen) atoms. The minimum atomic E-state index is -0.0882. The van der Waals surface area contributed by atoms with E-state index in [-0.39, 0.29) is 6.03 Å². The Morgan fingerprint density at radius 1 is 1.09 bits per heavy atom. The smallest absolute Gasteiger partial charge is 0.321 e. The van der Waals surface area contributed by atoms with Gasteiger partial charge in [-0.3, -0.25) is 0 Å². The van der Waals surface area contributed by atoms with Crippen molar-refractivity contribution in [3.05, 3.63) is 77.5 Å². The van der Waals surface area contributed by atoms with E-state index in [4.69, 9.17) is 0 Å².